The van der Waals surface area contributed by atoms with Crippen molar-refractivity contribution in [3.05, 3.63) is 28.3 Å². The molecule has 2 N–H and O–H groups in total. The Balaban J connectivity index is 2.16. The molecule has 1 heterocycles. The number of carboxylic acids is 1. The van der Waals surface area contributed by atoms with E-state index in [2.05, 4.69) is 5.32 Å². The van der Waals surface area contributed by atoms with Gasteiger partial charge in [0.2, 0.25) is 0 Å². The summed E-state index contributed by atoms with van der Waals surface area (Å²) in [6, 6.07) is 2.53. The Labute approximate surface area is 125 Å². The van der Waals surface area contributed by atoms with Gasteiger partial charge in [-0.1, -0.05) is 0 Å². The summed E-state index contributed by atoms with van der Waals surface area (Å²) in [5, 5.41) is 22.5. The number of nitrogens with zero attached hydrogens (tertiary/aromatic N) is 2. The molecule has 1 aliphatic heterocycles. The maximum Gasteiger partial charge on any atom is 0.326 e. The Morgan fingerprint density at radius 1 is 1.50 bits per heavy atom. The molecule has 1 aliphatic rings. The number of nitrogens with one attached hydrogen (secondary N) is 1. The fourth-order valence-corrected chi connectivity index (χ4v) is 2.37. The molecule has 1 aromatic rings. The third-order valence-corrected chi connectivity index (χ3v) is 3.43. The van der Waals surface area contributed by atoms with Crippen molar-refractivity contribution < 1.29 is 24.4 Å². The van der Waals surface area contributed by atoms with Crippen LogP contribution in [0.25, 0.3) is 0 Å². The third-order valence-electron chi connectivity index (χ3n) is 3.43. The molecule has 0 bridgehead atoms. The lowest BCUT2D eigenvalue weighted by atomic mass is 10.2. The highest BCUT2D eigenvalue weighted by atomic mass is 16.6. The summed E-state index contributed by atoms with van der Waals surface area (Å²) in [5.74, 6) is -0.985. The molecule has 1 saturated heterocycles. The van der Waals surface area contributed by atoms with E-state index in [9.17, 15) is 19.7 Å². The number of hydrogen-bond donors (Lipinski definition) is 2. The minimum Gasteiger partial charge on any atom is -0.490 e. The molecule has 9 nitrogen and oxygen atoms in total. The van der Waals surface area contributed by atoms with E-state index in [1.165, 1.54) is 30.2 Å². The Kier molecular flexibility index (Phi) is 4.44. The molecule has 0 radical (unpaired) electrons. The summed E-state index contributed by atoms with van der Waals surface area (Å²) in [6.45, 7) is 0.334. The summed E-state index contributed by atoms with van der Waals surface area (Å²) >= 11 is 0. The summed E-state index contributed by atoms with van der Waals surface area (Å²) in [4.78, 5) is 34.7. The van der Waals surface area contributed by atoms with Crippen LogP contribution in [0.4, 0.5) is 16.2 Å². The van der Waals surface area contributed by atoms with Crippen LogP contribution in [-0.2, 0) is 4.79 Å². The SMILES string of the molecule is COc1ccc(NC(=O)N2CCC[C@H]2C(=O)O)cc1[N+](=O)[O-]. The molecule has 1 atom stereocenters. The van der Waals surface area contributed by atoms with E-state index in [0.717, 1.165) is 0 Å². The number of methoxy groups -OCH3 is 1. The Hall–Kier alpha value is -2.84. The molecule has 2 amide bonds. The smallest absolute Gasteiger partial charge is 0.326 e. The normalized spacial score (nSPS) is 17.1. The first kappa shape index (κ1) is 15.5. The number of carbonyl (C=O) groups excluding carboxylic acids is 1. The summed E-state index contributed by atoms with van der Waals surface area (Å²) in [5.41, 5.74) is -0.0787. The van der Waals surface area contributed by atoms with Gasteiger partial charge in [0.25, 0.3) is 0 Å². The summed E-state index contributed by atoms with van der Waals surface area (Å²) in [7, 11) is 1.31. The van der Waals surface area contributed by atoms with Crippen molar-refractivity contribution in [3.63, 3.8) is 0 Å². The lowest BCUT2D eigenvalue weighted by Crippen LogP contribution is -2.42. The van der Waals surface area contributed by atoms with Crippen LogP contribution >= 0.6 is 0 Å². The van der Waals surface area contributed by atoms with Crippen molar-refractivity contribution in [2.45, 2.75) is 18.9 Å². The Bertz CT molecular complexity index is 618. The topological polar surface area (TPSA) is 122 Å². The quantitative estimate of drug-likeness (QED) is 0.644. The average Bonchev–Trinajstić information content (AvgIpc) is 2.96. The average molecular weight is 309 g/mol. The molecule has 118 valence electrons. The van der Waals surface area contributed by atoms with Gasteiger partial charge in [0.05, 0.1) is 12.0 Å². The fraction of sp³-hybridized carbons (Fsp3) is 0.385. The summed E-state index contributed by atoms with van der Waals surface area (Å²) in [6.07, 6.45) is 0.999. The highest BCUT2D eigenvalue weighted by Gasteiger charge is 2.34. The lowest BCUT2D eigenvalue weighted by molar-refractivity contribution is -0.385. The minimum atomic E-state index is -1.06. The van der Waals surface area contributed by atoms with Crippen molar-refractivity contribution >= 4 is 23.4 Å². The molecule has 2 rings (SSSR count). The molecular weight excluding hydrogens is 294 g/mol. The number of hydrogen-bond acceptors (Lipinski definition) is 5. The van der Waals surface area contributed by atoms with Crippen molar-refractivity contribution in [2.75, 3.05) is 19.0 Å². The molecule has 0 aliphatic carbocycles. The Morgan fingerprint density at radius 3 is 2.82 bits per heavy atom. The molecule has 0 unspecified atom stereocenters. The van der Waals surface area contributed by atoms with Gasteiger partial charge in [-0.05, 0) is 25.0 Å². The number of likely N-dealkylation sites (tertiary alicyclic amines) is 1. The highest BCUT2D eigenvalue weighted by Crippen LogP contribution is 2.30. The molecular formula is C13H15N3O6. The number of benzene rings is 1. The number of rotatable bonds is 4. The van der Waals surface area contributed by atoms with Gasteiger partial charge in [-0.2, -0.15) is 0 Å². The van der Waals surface area contributed by atoms with Crippen LogP contribution in [0.3, 0.4) is 0 Å². The second-order valence-electron chi connectivity index (χ2n) is 4.76. The number of nitro benzene ring substituents is 1. The number of urea groups is 1. The van der Waals surface area contributed by atoms with Gasteiger partial charge in [-0.3, -0.25) is 10.1 Å². The van der Waals surface area contributed by atoms with Crippen LogP contribution in [0, 0.1) is 10.1 Å². The number of amides is 2. The van der Waals surface area contributed by atoms with E-state index in [1.807, 2.05) is 0 Å². The minimum absolute atomic E-state index is 0.0765. The first-order valence-corrected chi connectivity index (χ1v) is 6.57. The molecule has 1 aromatic carbocycles. The zero-order chi connectivity index (χ0) is 16.3. The van der Waals surface area contributed by atoms with Crippen LogP contribution < -0.4 is 10.1 Å². The third kappa shape index (κ3) is 3.08. The molecule has 9 heteroatoms. The largest absolute Gasteiger partial charge is 0.490 e. The highest BCUT2D eigenvalue weighted by molar-refractivity contribution is 5.93. The standard InChI is InChI=1S/C13H15N3O6/c1-22-11-5-4-8(7-10(11)16(20)21)14-13(19)15-6-2-3-9(15)12(17)18/h4-5,7,9H,2-3,6H2,1H3,(H,14,19)(H,17,18)/t9-/m0/s1. The van der Waals surface area contributed by atoms with Crippen LogP contribution in [0.5, 0.6) is 5.75 Å². The van der Waals surface area contributed by atoms with Crippen LogP contribution in [0.1, 0.15) is 12.8 Å². The molecule has 1 fully saturated rings. The summed E-state index contributed by atoms with van der Waals surface area (Å²) < 4.78 is 4.87. The maximum absolute atomic E-state index is 12.1. The van der Waals surface area contributed by atoms with E-state index in [0.29, 0.717) is 19.4 Å². The molecule has 0 aromatic heterocycles. The zero-order valence-electron chi connectivity index (χ0n) is 11.8. The van der Waals surface area contributed by atoms with Gasteiger partial charge >= 0.3 is 17.7 Å². The first-order valence-electron chi connectivity index (χ1n) is 6.57. The van der Waals surface area contributed by atoms with Gasteiger partial charge in [-0.25, -0.2) is 9.59 Å². The predicted octanol–water partition coefficient (Wildman–Crippen LogP) is 1.68. The molecule has 0 saturated carbocycles. The van der Waals surface area contributed by atoms with Crippen LogP contribution in [0.2, 0.25) is 0 Å². The van der Waals surface area contributed by atoms with Crippen molar-refractivity contribution in [1.82, 2.24) is 4.90 Å². The fourth-order valence-electron chi connectivity index (χ4n) is 2.37. The monoisotopic (exact) mass is 309 g/mol. The van der Waals surface area contributed by atoms with Crippen LogP contribution in [-0.4, -0.2) is 46.6 Å². The van der Waals surface area contributed by atoms with E-state index in [4.69, 9.17) is 9.84 Å². The zero-order valence-corrected chi connectivity index (χ0v) is 11.8. The van der Waals surface area contributed by atoms with E-state index < -0.39 is 23.0 Å². The van der Waals surface area contributed by atoms with Crippen LogP contribution in [0.15, 0.2) is 18.2 Å². The molecule has 22 heavy (non-hydrogen) atoms. The number of anilines is 1. The van der Waals surface area contributed by atoms with Crippen molar-refractivity contribution in [1.29, 1.82) is 0 Å². The molecule has 0 spiro atoms. The van der Waals surface area contributed by atoms with E-state index >= 15 is 0 Å². The van der Waals surface area contributed by atoms with Gasteiger partial charge in [0.15, 0.2) is 5.75 Å². The van der Waals surface area contributed by atoms with Crippen molar-refractivity contribution in [2.24, 2.45) is 0 Å². The van der Waals surface area contributed by atoms with Gasteiger partial charge in [0.1, 0.15) is 6.04 Å². The maximum atomic E-state index is 12.1. The van der Waals surface area contributed by atoms with Gasteiger partial charge in [-0.15, -0.1) is 0 Å². The van der Waals surface area contributed by atoms with E-state index in [1.54, 1.807) is 0 Å². The Morgan fingerprint density at radius 2 is 2.23 bits per heavy atom. The second kappa shape index (κ2) is 6.29. The van der Waals surface area contributed by atoms with Gasteiger partial charge < -0.3 is 20.1 Å². The van der Waals surface area contributed by atoms with E-state index in [-0.39, 0.29) is 17.1 Å². The number of carboxylic acid groups (broad SMARTS) is 1. The van der Waals surface area contributed by atoms with Crippen molar-refractivity contribution in [3.8, 4) is 5.75 Å². The lowest BCUT2D eigenvalue weighted by Gasteiger charge is -2.21. The number of ether oxygens (including phenoxy) is 1. The van der Waals surface area contributed by atoms with Gasteiger partial charge in [0, 0.05) is 18.3 Å². The number of aliphatic carboxylic acids is 1. The predicted molar refractivity (Wildman–Crippen MR) is 76.0 cm³/mol. The second-order valence-corrected chi connectivity index (χ2v) is 4.76. The number of nitro groups is 1. The first-order chi connectivity index (χ1) is 10.4. The number of carbonyl (C=O) groups is 2.